The van der Waals surface area contributed by atoms with E-state index >= 15 is 0 Å². The summed E-state index contributed by atoms with van der Waals surface area (Å²) in [6.45, 7) is 1.42. The lowest BCUT2D eigenvalue weighted by atomic mass is 10.3. The predicted octanol–water partition coefficient (Wildman–Crippen LogP) is -2.05. The second-order valence-electron chi connectivity index (χ2n) is 5.54. The number of rotatable bonds is 15. The third kappa shape index (κ3) is 18.0. The van der Waals surface area contributed by atoms with E-state index < -0.39 is 37.0 Å². The number of aliphatic carboxylic acids is 4. The molecule has 0 radical (unpaired) electrons. The molecular weight excluding hydrogens is 382 g/mol. The summed E-state index contributed by atoms with van der Waals surface area (Å²) in [7, 11) is 0. The zero-order valence-electron chi connectivity index (χ0n) is 15.6. The standard InChI is InChI=1S/C14H25N3O8.CH2O2/c1-2-15(7-11(18)19)3-4-16(8-12(20)21)5-6-17(9-13(22)23)10-14(24)25;2-1-3/h2-10H2,1H3,(H,18,19)(H,20,21)(H,22,23)(H,24,25);1H,(H,2,3). The molecule has 0 bridgehead atoms. The zero-order chi connectivity index (χ0) is 22.1. The Morgan fingerprint density at radius 2 is 0.893 bits per heavy atom. The number of hydrogen-bond donors (Lipinski definition) is 5. The second kappa shape index (κ2) is 16.4. The summed E-state index contributed by atoms with van der Waals surface area (Å²) in [4.78, 5) is 55.9. The van der Waals surface area contributed by atoms with Crippen LogP contribution in [0.2, 0.25) is 0 Å². The van der Waals surface area contributed by atoms with Crippen LogP contribution in [0.15, 0.2) is 0 Å². The van der Waals surface area contributed by atoms with Crippen molar-refractivity contribution in [3.8, 4) is 0 Å². The third-order valence-corrected chi connectivity index (χ3v) is 3.35. The fourth-order valence-electron chi connectivity index (χ4n) is 2.16. The smallest absolute Gasteiger partial charge is 0.317 e. The van der Waals surface area contributed by atoms with Crippen LogP contribution in [0.5, 0.6) is 0 Å². The van der Waals surface area contributed by atoms with E-state index in [0.717, 1.165) is 0 Å². The predicted molar refractivity (Wildman–Crippen MR) is 94.2 cm³/mol. The van der Waals surface area contributed by atoms with E-state index in [1.807, 2.05) is 0 Å². The Balaban J connectivity index is 0. The van der Waals surface area contributed by atoms with Crippen LogP contribution in [-0.4, -0.2) is 129 Å². The van der Waals surface area contributed by atoms with Crippen LogP contribution in [0, 0.1) is 0 Å². The largest absolute Gasteiger partial charge is 0.483 e. The number of carbonyl (C=O) groups is 5. The molecule has 0 aromatic carbocycles. The first kappa shape index (κ1) is 27.4. The molecule has 0 spiro atoms. The first-order valence-electron chi connectivity index (χ1n) is 8.17. The quantitative estimate of drug-likeness (QED) is 0.185. The molecule has 13 heteroatoms. The molecule has 0 aliphatic rings. The topological polar surface area (TPSA) is 196 Å². The highest BCUT2D eigenvalue weighted by molar-refractivity contribution is 5.72. The summed E-state index contributed by atoms with van der Waals surface area (Å²) in [5.41, 5.74) is 0. The van der Waals surface area contributed by atoms with Crippen LogP contribution >= 0.6 is 0 Å². The van der Waals surface area contributed by atoms with Crippen LogP contribution in [0.25, 0.3) is 0 Å². The summed E-state index contributed by atoms with van der Waals surface area (Å²) < 4.78 is 0. The number of hydrogen-bond acceptors (Lipinski definition) is 8. The van der Waals surface area contributed by atoms with Gasteiger partial charge in [0.2, 0.25) is 0 Å². The average molecular weight is 409 g/mol. The van der Waals surface area contributed by atoms with Crippen molar-refractivity contribution in [1.29, 1.82) is 0 Å². The van der Waals surface area contributed by atoms with E-state index in [0.29, 0.717) is 13.1 Å². The molecule has 0 saturated heterocycles. The SMILES string of the molecule is CCN(CCN(CCN(CC(=O)O)CC(=O)O)CC(=O)O)CC(=O)O.O=CO. The van der Waals surface area contributed by atoms with E-state index in [9.17, 15) is 19.2 Å². The Hall–Kier alpha value is -2.77. The molecule has 28 heavy (non-hydrogen) atoms. The summed E-state index contributed by atoms with van der Waals surface area (Å²) >= 11 is 0. The van der Waals surface area contributed by atoms with Gasteiger partial charge >= 0.3 is 23.9 Å². The van der Waals surface area contributed by atoms with Gasteiger partial charge in [-0.25, -0.2) is 0 Å². The maximum absolute atomic E-state index is 11.0. The minimum Gasteiger partial charge on any atom is -0.483 e. The molecule has 0 aromatic rings. The van der Waals surface area contributed by atoms with Crippen molar-refractivity contribution in [2.75, 3.05) is 58.9 Å². The van der Waals surface area contributed by atoms with Gasteiger partial charge in [-0.05, 0) is 6.54 Å². The Kier molecular flexibility index (Phi) is 16.1. The van der Waals surface area contributed by atoms with Gasteiger partial charge in [-0.1, -0.05) is 6.92 Å². The Labute approximate surface area is 161 Å². The van der Waals surface area contributed by atoms with E-state index in [4.69, 9.17) is 30.3 Å². The molecule has 0 aromatic heterocycles. The lowest BCUT2D eigenvalue weighted by Crippen LogP contribution is -2.44. The van der Waals surface area contributed by atoms with Gasteiger partial charge in [-0.15, -0.1) is 0 Å². The average Bonchev–Trinajstić information content (AvgIpc) is 2.54. The highest BCUT2D eigenvalue weighted by Crippen LogP contribution is 1.96. The fourth-order valence-corrected chi connectivity index (χ4v) is 2.16. The van der Waals surface area contributed by atoms with Crippen LogP contribution in [0.4, 0.5) is 0 Å². The first-order valence-corrected chi connectivity index (χ1v) is 8.17. The molecule has 0 saturated carbocycles. The van der Waals surface area contributed by atoms with Gasteiger partial charge in [0.25, 0.3) is 6.47 Å². The van der Waals surface area contributed by atoms with Gasteiger partial charge in [-0.2, -0.15) is 0 Å². The fraction of sp³-hybridized carbons (Fsp3) is 0.667. The maximum Gasteiger partial charge on any atom is 0.317 e. The molecule has 0 fully saturated rings. The van der Waals surface area contributed by atoms with Gasteiger partial charge in [0.05, 0.1) is 26.2 Å². The molecule has 0 unspecified atom stereocenters. The van der Waals surface area contributed by atoms with Crippen molar-refractivity contribution in [3.63, 3.8) is 0 Å². The molecule has 0 heterocycles. The van der Waals surface area contributed by atoms with Crippen molar-refractivity contribution < 1.29 is 49.5 Å². The van der Waals surface area contributed by atoms with Crippen LogP contribution in [-0.2, 0) is 24.0 Å². The molecular formula is C15H27N3O10. The molecule has 0 aliphatic carbocycles. The maximum atomic E-state index is 11.0. The number of carboxylic acid groups (broad SMARTS) is 5. The summed E-state index contributed by atoms with van der Waals surface area (Å²) in [5.74, 6) is -4.42. The van der Waals surface area contributed by atoms with Gasteiger partial charge in [0.15, 0.2) is 0 Å². The Morgan fingerprint density at radius 1 is 0.643 bits per heavy atom. The van der Waals surface area contributed by atoms with Crippen LogP contribution in [0.3, 0.4) is 0 Å². The molecule has 13 nitrogen and oxygen atoms in total. The minimum atomic E-state index is -1.18. The van der Waals surface area contributed by atoms with Gasteiger partial charge in [0.1, 0.15) is 0 Å². The minimum absolute atomic E-state index is 0.0664. The molecule has 0 amide bonds. The third-order valence-electron chi connectivity index (χ3n) is 3.35. The normalized spacial score (nSPS) is 10.4. The van der Waals surface area contributed by atoms with Gasteiger partial charge in [0, 0.05) is 26.2 Å². The number of carboxylic acids is 4. The van der Waals surface area contributed by atoms with Gasteiger partial charge < -0.3 is 25.5 Å². The molecule has 162 valence electrons. The van der Waals surface area contributed by atoms with E-state index in [2.05, 4.69) is 0 Å². The van der Waals surface area contributed by atoms with Crippen molar-refractivity contribution in [3.05, 3.63) is 0 Å². The zero-order valence-corrected chi connectivity index (χ0v) is 15.6. The second-order valence-corrected chi connectivity index (χ2v) is 5.54. The summed E-state index contributed by atoms with van der Waals surface area (Å²) in [5, 5.41) is 42.2. The molecule has 5 N–H and O–H groups in total. The van der Waals surface area contributed by atoms with Crippen LogP contribution in [0.1, 0.15) is 6.92 Å². The highest BCUT2D eigenvalue weighted by Gasteiger charge is 2.17. The van der Waals surface area contributed by atoms with Crippen molar-refractivity contribution in [2.24, 2.45) is 0 Å². The summed E-state index contributed by atoms with van der Waals surface area (Å²) in [6.07, 6.45) is 0. The van der Waals surface area contributed by atoms with E-state index in [1.165, 1.54) is 9.80 Å². The van der Waals surface area contributed by atoms with E-state index in [1.54, 1.807) is 11.8 Å². The molecule has 0 atom stereocenters. The number of likely N-dealkylation sites (N-methyl/N-ethyl adjacent to an activating group) is 1. The monoisotopic (exact) mass is 409 g/mol. The molecule has 0 aliphatic heterocycles. The summed E-state index contributed by atoms with van der Waals surface area (Å²) in [6, 6.07) is 0. The lowest BCUT2D eigenvalue weighted by molar-refractivity contribution is -0.143. The van der Waals surface area contributed by atoms with Crippen molar-refractivity contribution in [1.82, 2.24) is 14.7 Å². The van der Waals surface area contributed by atoms with E-state index in [-0.39, 0.29) is 39.2 Å². The van der Waals surface area contributed by atoms with Crippen LogP contribution < -0.4 is 0 Å². The highest BCUT2D eigenvalue weighted by atomic mass is 16.4. The number of nitrogens with zero attached hydrogens (tertiary/aromatic N) is 3. The van der Waals surface area contributed by atoms with Crippen molar-refractivity contribution in [2.45, 2.75) is 6.92 Å². The first-order chi connectivity index (χ1) is 13.0. The lowest BCUT2D eigenvalue weighted by Gasteiger charge is -2.27. The van der Waals surface area contributed by atoms with Gasteiger partial charge in [-0.3, -0.25) is 38.7 Å². The Bertz CT molecular complexity index is 498. The Morgan fingerprint density at radius 3 is 1.21 bits per heavy atom. The molecule has 0 rings (SSSR count). The van der Waals surface area contributed by atoms with Crippen molar-refractivity contribution >= 4 is 30.3 Å².